The monoisotopic (exact) mass is 440 g/mol. The lowest BCUT2D eigenvalue weighted by atomic mass is 10.0. The third-order valence-electron chi connectivity index (χ3n) is 5.06. The smallest absolute Gasteiger partial charge is 0.348 e. The van der Waals surface area contributed by atoms with Crippen molar-refractivity contribution < 1.29 is 26.4 Å². The molecular formula is C21H23F3N2O3S. The lowest BCUT2D eigenvalue weighted by Gasteiger charge is -2.30. The number of carbonyl (C=O) groups excluding carboxylic acids is 1. The van der Waals surface area contributed by atoms with Crippen LogP contribution in [-0.2, 0) is 22.7 Å². The number of amides is 1. The van der Waals surface area contributed by atoms with Crippen molar-refractivity contribution in [2.24, 2.45) is 5.92 Å². The average Bonchev–Trinajstić information content (AvgIpc) is 2.71. The van der Waals surface area contributed by atoms with Crippen molar-refractivity contribution in [2.45, 2.75) is 37.4 Å². The second-order valence-electron chi connectivity index (χ2n) is 7.52. The third kappa shape index (κ3) is 5.20. The number of hydrogen-bond acceptors (Lipinski definition) is 3. The Morgan fingerprint density at radius 1 is 1.17 bits per heavy atom. The highest BCUT2D eigenvalue weighted by Gasteiger charge is 2.31. The van der Waals surface area contributed by atoms with Crippen molar-refractivity contribution >= 4 is 15.9 Å². The van der Waals surface area contributed by atoms with Crippen LogP contribution in [0.1, 0.15) is 41.3 Å². The lowest BCUT2D eigenvalue weighted by Crippen LogP contribution is -2.39. The first-order valence-electron chi connectivity index (χ1n) is 9.62. The number of halogens is 3. The fraction of sp³-hybridized carbons (Fsp3) is 0.381. The number of hydrogen-bond donors (Lipinski definition) is 1. The molecule has 2 aromatic rings. The lowest BCUT2D eigenvalue weighted by molar-refractivity contribution is -0.137. The SMILES string of the molecule is C[C@H]1CCCN(S(=O)(=O)c2cccc(C(=O)NCc3cccc(C(F)(F)F)c3)c2)C1. The Labute approximate surface area is 173 Å². The molecule has 0 saturated carbocycles. The summed E-state index contributed by atoms with van der Waals surface area (Å²) in [5.41, 5.74) is -0.365. The van der Waals surface area contributed by atoms with Crippen LogP contribution in [-0.4, -0.2) is 31.7 Å². The summed E-state index contributed by atoms with van der Waals surface area (Å²) < 4.78 is 65.7. The highest BCUT2D eigenvalue weighted by molar-refractivity contribution is 7.89. The van der Waals surface area contributed by atoms with Gasteiger partial charge in [0.25, 0.3) is 5.91 Å². The first-order chi connectivity index (χ1) is 14.1. The highest BCUT2D eigenvalue weighted by atomic mass is 32.2. The quantitative estimate of drug-likeness (QED) is 0.763. The molecular weight excluding hydrogens is 417 g/mol. The van der Waals surface area contributed by atoms with Gasteiger partial charge < -0.3 is 5.32 Å². The van der Waals surface area contributed by atoms with E-state index in [1.165, 1.54) is 40.7 Å². The summed E-state index contributed by atoms with van der Waals surface area (Å²) in [5, 5.41) is 2.54. The Kier molecular flexibility index (Phi) is 6.52. The number of benzene rings is 2. The topological polar surface area (TPSA) is 66.5 Å². The van der Waals surface area contributed by atoms with Crippen LogP contribution in [0.2, 0.25) is 0 Å². The summed E-state index contributed by atoms with van der Waals surface area (Å²) >= 11 is 0. The molecule has 1 aliphatic rings. The van der Waals surface area contributed by atoms with Crippen LogP contribution in [0.25, 0.3) is 0 Å². The average molecular weight is 440 g/mol. The first kappa shape index (κ1) is 22.3. The minimum absolute atomic E-state index is 0.0309. The van der Waals surface area contributed by atoms with Crippen molar-refractivity contribution in [2.75, 3.05) is 13.1 Å². The molecule has 0 radical (unpaired) electrons. The van der Waals surface area contributed by atoms with Crippen molar-refractivity contribution in [3.8, 4) is 0 Å². The molecule has 0 bridgehead atoms. The number of rotatable bonds is 5. The van der Waals surface area contributed by atoms with Crippen molar-refractivity contribution in [3.05, 3.63) is 65.2 Å². The van der Waals surface area contributed by atoms with E-state index in [9.17, 15) is 26.4 Å². The van der Waals surface area contributed by atoms with Gasteiger partial charge in [0, 0.05) is 25.2 Å². The van der Waals surface area contributed by atoms with E-state index in [0.29, 0.717) is 18.7 Å². The van der Waals surface area contributed by atoms with Crippen molar-refractivity contribution in [1.82, 2.24) is 9.62 Å². The van der Waals surface area contributed by atoms with Gasteiger partial charge >= 0.3 is 6.18 Å². The molecule has 1 N–H and O–H groups in total. The molecule has 162 valence electrons. The zero-order chi connectivity index (χ0) is 21.9. The molecule has 3 rings (SSSR count). The highest BCUT2D eigenvalue weighted by Crippen LogP contribution is 2.29. The summed E-state index contributed by atoms with van der Waals surface area (Å²) in [7, 11) is -3.71. The molecule has 1 saturated heterocycles. The van der Waals surface area contributed by atoms with Gasteiger partial charge in [0.05, 0.1) is 10.5 Å². The summed E-state index contributed by atoms with van der Waals surface area (Å²) in [6, 6.07) is 10.4. The van der Waals surface area contributed by atoms with Crippen LogP contribution in [0.3, 0.4) is 0 Å². The first-order valence-corrected chi connectivity index (χ1v) is 11.1. The number of carbonyl (C=O) groups is 1. The second-order valence-corrected chi connectivity index (χ2v) is 9.46. The van der Waals surface area contributed by atoms with E-state index >= 15 is 0 Å². The number of sulfonamides is 1. The maximum atomic E-state index is 12.9. The molecule has 30 heavy (non-hydrogen) atoms. The zero-order valence-corrected chi connectivity index (χ0v) is 17.3. The summed E-state index contributed by atoms with van der Waals surface area (Å²) in [4.78, 5) is 12.5. The number of nitrogens with one attached hydrogen (secondary N) is 1. The van der Waals surface area contributed by atoms with Crippen LogP contribution in [0.15, 0.2) is 53.4 Å². The summed E-state index contributed by atoms with van der Waals surface area (Å²) in [5.74, 6) is -0.288. The molecule has 1 atom stereocenters. The second kappa shape index (κ2) is 8.77. The Morgan fingerprint density at radius 3 is 2.60 bits per heavy atom. The van der Waals surface area contributed by atoms with Gasteiger partial charge in [0.2, 0.25) is 10.0 Å². The molecule has 0 aliphatic carbocycles. The molecule has 1 heterocycles. The van der Waals surface area contributed by atoms with E-state index in [4.69, 9.17) is 0 Å². The van der Waals surface area contributed by atoms with Crippen molar-refractivity contribution in [3.63, 3.8) is 0 Å². The molecule has 1 fully saturated rings. The Morgan fingerprint density at radius 2 is 1.90 bits per heavy atom. The van der Waals surface area contributed by atoms with Crippen LogP contribution in [0.4, 0.5) is 13.2 Å². The van der Waals surface area contributed by atoms with Gasteiger partial charge in [-0.05, 0) is 54.7 Å². The van der Waals surface area contributed by atoms with Crippen LogP contribution in [0, 0.1) is 5.92 Å². The molecule has 0 unspecified atom stereocenters. The number of piperidine rings is 1. The molecule has 2 aromatic carbocycles. The normalized spacial score (nSPS) is 18.2. The van der Waals surface area contributed by atoms with Crippen molar-refractivity contribution in [1.29, 1.82) is 0 Å². The summed E-state index contributed by atoms with van der Waals surface area (Å²) in [6.45, 7) is 2.77. The molecule has 1 amide bonds. The number of alkyl halides is 3. The largest absolute Gasteiger partial charge is 0.416 e. The number of nitrogens with zero attached hydrogens (tertiary/aromatic N) is 1. The fourth-order valence-electron chi connectivity index (χ4n) is 3.45. The predicted molar refractivity (Wildman–Crippen MR) is 106 cm³/mol. The molecule has 0 spiro atoms. The van der Waals surface area contributed by atoms with E-state index in [0.717, 1.165) is 25.0 Å². The van der Waals surface area contributed by atoms with E-state index in [1.54, 1.807) is 0 Å². The van der Waals surface area contributed by atoms with Gasteiger partial charge in [-0.2, -0.15) is 17.5 Å². The maximum Gasteiger partial charge on any atom is 0.416 e. The van der Waals surface area contributed by atoms with Gasteiger partial charge in [-0.15, -0.1) is 0 Å². The summed E-state index contributed by atoms with van der Waals surface area (Å²) in [6.07, 6.45) is -2.70. The zero-order valence-electron chi connectivity index (χ0n) is 16.4. The predicted octanol–water partition coefficient (Wildman–Crippen LogP) is 4.06. The fourth-order valence-corrected chi connectivity index (χ4v) is 5.10. The van der Waals surface area contributed by atoms with E-state index in [1.807, 2.05) is 6.92 Å². The van der Waals surface area contributed by atoms with E-state index < -0.39 is 27.7 Å². The van der Waals surface area contributed by atoms with E-state index in [-0.39, 0.29) is 22.9 Å². The molecule has 0 aromatic heterocycles. The van der Waals surface area contributed by atoms with E-state index in [2.05, 4.69) is 5.32 Å². The van der Waals surface area contributed by atoms with Gasteiger partial charge in [0.15, 0.2) is 0 Å². The van der Waals surface area contributed by atoms with Crippen LogP contribution >= 0.6 is 0 Å². The Balaban J connectivity index is 1.72. The van der Waals surface area contributed by atoms with Gasteiger partial charge in [-0.1, -0.05) is 25.1 Å². The maximum absolute atomic E-state index is 12.9. The van der Waals surface area contributed by atoms with Crippen LogP contribution in [0.5, 0.6) is 0 Å². The third-order valence-corrected chi connectivity index (χ3v) is 6.92. The van der Waals surface area contributed by atoms with Gasteiger partial charge in [-0.25, -0.2) is 8.42 Å². The van der Waals surface area contributed by atoms with Crippen LogP contribution < -0.4 is 5.32 Å². The molecule has 5 nitrogen and oxygen atoms in total. The molecule has 9 heteroatoms. The minimum Gasteiger partial charge on any atom is -0.348 e. The van der Waals surface area contributed by atoms with Gasteiger partial charge in [-0.3, -0.25) is 4.79 Å². The molecule has 1 aliphatic heterocycles. The Hall–Kier alpha value is -2.39. The Bertz CT molecular complexity index is 1020. The van der Waals surface area contributed by atoms with Gasteiger partial charge in [0.1, 0.15) is 0 Å². The standard InChI is InChI=1S/C21H23F3N2O3S/c1-15-5-4-10-26(14-15)30(28,29)19-9-3-7-17(12-19)20(27)25-13-16-6-2-8-18(11-16)21(22,23)24/h2-3,6-9,11-12,15H,4-5,10,13-14H2,1H3,(H,25,27)/t15-/m0/s1. The minimum atomic E-state index is -4.46.